The van der Waals surface area contributed by atoms with Crippen LogP contribution in [-0.2, 0) is 10.2 Å². The van der Waals surface area contributed by atoms with Gasteiger partial charge in [-0.05, 0) is 99.6 Å². The maximum atomic E-state index is 10.8. The first-order valence-corrected chi connectivity index (χ1v) is 14.1. The zero-order valence-corrected chi connectivity index (χ0v) is 23.5. The maximum Gasteiger partial charge on any atom is 0.303 e. The average molecular weight is 521 g/mol. The third kappa shape index (κ3) is 7.40. The normalized spacial score (nSPS) is 15.8. The molecule has 1 atom stereocenters. The zero-order valence-electron chi connectivity index (χ0n) is 23.5. The number of carboxylic acids is 1. The van der Waals surface area contributed by atoms with Gasteiger partial charge in [-0.3, -0.25) is 4.79 Å². The van der Waals surface area contributed by atoms with Gasteiger partial charge in [0.05, 0.1) is 6.10 Å². The van der Waals surface area contributed by atoms with Crippen molar-refractivity contribution in [3.05, 3.63) is 64.2 Å². The molecule has 1 aliphatic rings. The van der Waals surface area contributed by atoms with Crippen LogP contribution in [0.4, 0.5) is 0 Å². The Bertz CT molecular complexity index is 1150. The van der Waals surface area contributed by atoms with Crippen molar-refractivity contribution >= 4 is 5.97 Å². The minimum Gasteiger partial charge on any atom is -0.491 e. The molecule has 2 aromatic rings. The summed E-state index contributed by atoms with van der Waals surface area (Å²) in [4.78, 5) is 10.7. The predicted molar refractivity (Wildman–Crippen MR) is 152 cm³/mol. The first-order chi connectivity index (χ1) is 18.1. The topological polar surface area (TPSA) is 87.0 Å². The van der Waals surface area contributed by atoms with E-state index in [0.29, 0.717) is 12.8 Å². The van der Waals surface area contributed by atoms with Crippen molar-refractivity contribution in [1.82, 2.24) is 0 Å². The summed E-state index contributed by atoms with van der Waals surface area (Å²) in [5.41, 5.74) is 4.57. The number of hydrogen-bond acceptors (Lipinski definition) is 4. The highest BCUT2D eigenvalue weighted by atomic mass is 16.5. The molecule has 0 heterocycles. The Morgan fingerprint density at radius 1 is 1.03 bits per heavy atom. The van der Waals surface area contributed by atoms with Gasteiger partial charge in [-0.1, -0.05) is 56.4 Å². The van der Waals surface area contributed by atoms with Crippen molar-refractivity contribution in [3.63, 3.8) is 0 Å². The van der Waals surface area contributed by atoms with Gasteiger partial charge in [-0.2, -0.15) is 0 Å². The molecule has 0 unspecified atom stereocenters. The Hall–Kier alpha value is -2.81. The number of benzene rings is 2. The van der Waals surface area contributed by atoms with Crippen LogP contribution in [0.5, 0.6) is 5.75 Å². The first-order valence-electron chi connectivity index (χ1n) is 14.1. The zero-order chi connectivity index (χ0) is 27.8. The summed E-state index contributed by atoms with van der Waals surface area (Å²) in [6.45, 7) is 8.70. The lowest BCUT2D eigenvalue weighted by atomic mass is 9.70. The molecule has 1 saturated carbocycles. The summed E-state index contributed by atoms with van der Waals surface area (Å²) in [5, 5.41) is 29.7. The lowest BCUT2D eigenvalue weighted by Gasteiger charge is -2.34. The number of carbonyl (C=O) groups is 1. The minimum atomic E-state index is -0.851. The number of rotatable bonds is 11. The molecule has 2 aromatic carbocycles. The van der Waals surface area contributed by atoms with Crippen molar-refractivity contribution < 1.29 is 24.9 Å². The van der Waals surface area contributed by atoms with Gasteiger partial charge >= 0.3 is 5.97 Å². The maximum absolute atomic E-state index is 10.8. The molecule has 1 aliphatic carbocycles. The number of aliphatic carboxylic acids is 1. The van der Waals surface area contributed by atoms with Crippen molar-refractivity contribution in [3.8, 4) is 17.6 Å². The Balaban J connectivity index is 1.78. The summed E-state index contributed by atoms with van der Waals surface area (Å²) in [6.07, 6.45) is 6.84. The molecule has 3 rings (SSSR count). The van der Waals surface area contributed by atoms with E-state index in [2.05, 4.69) is 62.9 Å². The van der Waals surface area contributed by atoms with E-state index in [4.69, 9.17) is 9.84 Å². The van der Waals surface area contributed by atoms with Crippen molar-refractivity contribution in [2.24, 2.45) is 0 Å². The highest BCUT2D eigenvalue weighted by Crippen LogP contribution is 2.41. The largest absolute Gasteiger partial charge is 0.491 e. The molecule has 0 amide bonds. The molecule has 5 heteroatoms. The fourth-order valence-corrected chi connectivity index (χ4v) is 5.65. The number of aryl methyl sites for hydroxylation is 2. The van der Waals surface area contributed by atoms with Gasteiger partial charge in [0.25, 0.3) is 0 Å². The summed E-state index contributed by atoms with van der Waals surface area (Å²) in [6, 6.07) is 12.8. The van der Waals surface area contributed by atoms with E-state index in [1.54, 1.807) is 0 Å². The van der Waals surface area contributed by atoms with Crippen LogP contribution in [0.1, 0.15) is 106 Å². The van der Waals surface area contributed by atoms with Gasteiger partial charge in [0.2, 0.25) is 0 Å². The van der Waals surface area contributed by atoms with Crippen LogP contribution in [0.15, 0.2) is 36.4 Å². The molecule has 206 valence electrons. The second kappa shape index (κ2) is 13.3. The molecular formula is C33H44O5. The summed E-state index contributed by atoms with van der Waals surface area (Å²) >= 11 is 0. The molecule has 0 spiro atoms. The molecule has 3 N–H and O–H groups in total. The Labute approximate surface area is 228 Å². The number of carboxylic acid groups (broad SMARTS) is 1. The van der Waals surface area contributed by atoms with Crippen molar-refractivity contribution in [1.29, 1.82) is 0 Å². The molecule has 0 aromatic heterocycles. The smallest absolute Gasteiger partial charge is 0.303 e. The Morgan fingerprint density at radius 2 is 1.66 bits per heavy atom. The van der Waals surface area contributed by atoms with Crippen LogP contribution in [0.2, 0.25) is 0 Å². The lowest BCUT2D eigenvalue weighted by molar-refractivity contribution is -0.137. The monoisotopic (exact) mass is 520 g/mol. The van der Waals surface area contributed by atoms with E-state index in [1.165, 1.54) is 17.5 Å². The molecule has 0 saturated heterocycles. The third-order valence-electron chi connectivity index (χ3n) is 8.18. The fraction of sp³-hybridized carbons (Fsp3) is 0.545. The number of hydrogen-bond donors (Lipinski definition) is 3. The number of aliphatic hydroxyl groups is 2. The molecule has 1 fully saturated rings. The predicted octanol–water partition coefficient (Wildman–Crippen LogP) is 6.45. The van der Waals surface area contributed by atoms with Crippen LogP contribution in [-0.4, -0.2) is 39.6 Å². The average Bonchev–Trinajstić information content (AvgIpc) is 2.89. The molecular weight excluding hydrogens is 476 g/mol. The third-order valence-corrected chi connectivity index (χ3v) is 8.18. The number of ether oxygens (including phenoxy) is 1. The van der Waals surface area contributed by atoms with E-state index in [9.17, 15) is 15.0 Å². The van der Waals surface area contributed by atoms with E-state index >= 15 is 0 Å². The molecule has 0 aliphatic heterocycles. The van der Waals surface area contributed by atoms with E-state index in [1.807, 2.05) is 13.0 Å². The van der Waals surface area contributed by atoms with Crippen LogP contribution in [0, 0.1) is 25.7 Å². The van der Waals surface area contributed by atoms with Gasteiger partial charge < -0.3 is 20.1 Å². The van der Waals surface area contributed by atoms with Gasteiger partial charge in [-0.25, -0.2) is 0 Å². The minimum absolute atomic E-state index is 0.0517. The van der Waals surface area contributed by atoms with E-state index in [-0.39, 0.29) is 18.4 Å². The van der Waals surface area contributed by atoms with Crippen LogP contribution in [0.25, 0.3) is 0 Å². The molecule has 0 bridgehead atoms. The van der Waals surface area contributed by atoms with Crippen LogP contribution >= 0.6 is 0 Å². The van der Waals surface area contributed by atoms with Crippen molar-refractivity contribution in [2.75, 3.05) is 6.61 Å². The highest BCUT2D eigenvalue weighted by Gasteiger charge is 2.32. The standard InChI is InChI=1S/C33H44O5/c1-5-33(6-2,27-14-13-26(24(3)21-27)17-20-32(37)18-8-7-9-19-32)28-15-16-30(25(4)22-28)38-23-29(34)11-10-12-31(35)36/h13-16,21-22,29,34,37H,5-12,18-19,23H2,1-4H3,(H,35,36)/t29-/m0/s1. The first kappa shape index (κ1) is 29.7. The number of aliphatic hydroxyl groups excluding tert-OH is 1. The summed E-state index contributed by atoms with van der Waals surface area (Å²) in [5.74, 6) is 6.32. The van der Waals surface area contributed by atoms with Gasteiger partial charge in [0, 0.05) is 17.4 Å². The molecule has 5 nitrogen and oxygen atoms in total. The fourth-order valence-electron chi connectivity index (χ4n) is 5.65. The van der Waals surface area contributed by atoms with E-state index in [0.717, 1.165) is 61.0 Å². The second-order valence-electron chi connectivity index (χ2n) is 10.9. The highest BCUT2D eigenvalue weighted by molar-refractivity contribution is 5.66. The van der Waals surface area contributed by atoms with E-state index < -0.39 is 17.7 Å². The van der Waals surface area contributed by atoms with Crippen LogP contribution < -0.4 is 4.74 Å². The SMILES string of the molecule is CCC(CC)(c1ccc(C#CC2(O)CCCCC2)c(C)c1)c1ccc(OC[C@@H](O)CCCC(=O)O)c(C)c1. The van der Waals surface area contributed by atoms with Gasteiger partial charge in [0.1, 0.15) is 18.0 Å². The summed E-state index contributed by atoms with van der Waals surface area (Å²) < 4.78 is 5.88. The van der Waals surface area contributed by atoms with Gasteiger partial charge in [-0.15, -0.1) is 0 Å². The lowest BCUT2D eigenvalue weighted by Crippen LogP contribution is -2.29. The van der Waals surface area contributed by atoms with Crippen molar-refractivity contribution in [2.45, 2.75) is 109 Å². The second-order valence-corrected chi connectivity index (χ2v) is 10.9. The Kier molecular flexibility index (Phi) is 10.4. The quantitative estimate of drug-likeness (QED) is 0.296. The van der Waals surface area contributed by atoms with Crippen LogP contribution in [0.3, 0.4) is 0 Å². The van der Waals surface area contributed by atoms with Gasteiger partial charge in [0.15, 0.2) is 0 Å². The summed E-state index contributed by atoms with van der Waals surface area (Å²) in [7, 11) is 0. The molecule has 0 radical (unpaired) electrons. The molecule has 38 heavy (non-hydrogen) atoms. The Morgan fingerprint density at radius 3 is 2.24 bits per heavy atom.